The van der Waals surface area contributed by atoms with Gasteiger partial charge in [-0.3, -0.25) is 0 Å². The Morgan fingerprint density at radius 2 is 1.81 bits per heavy atom. The van der Waals surface area contributed by atoms with Gasteiger partial charge in [0.2, 0.25) is 10.0 Å². The van der Waals surface area contributed by atoms with E-state index in [4.69, 9.17) is 5.73 Å². The van der Waals surface area contributed by atoms with Crippen LogP contribution in [0.3, 0.4) is 0 Å². The molecule has 1 unspecified atom stereocenters. The third-order valence-electron chi connectivity index (χ3n) is 3.35. The van der Waals surface area contributed by atoms with Crippen molar-refractivity contribution < 1.29 is 8.42 Å². The molecule has 1 atom stereocenters. The Morgan fingerprint density at radius 3 is 2.43 bits per heavy atom. The summed E-state index contributed by atoms with van der Waals surface area (Å²) in [5, 5.41) is 0. The van der Waals surface area contributed by atoms with Crippen LogP contribution in [0.1, 0.15) is 29.7 Å². The molecule has 21 heavy (non-hydrogen) atoms. The first-order valence-electron chi connectivity index (χ1n) is 6.80. The number of benzene rings is 2. The Hall–Kier alpha value is -1.69. The molecule has 5 heteroatoms. The van der Waals surface area contributed by atoms with Crippen LogP contribution in [0, 0.1) is 6.92 Å². The van der Waals surface area contributed by atoms with E-state index in [-0.39, 0.29) is 10.9 Å². The zero-order valence-corrected chi connectivity index (χ0v) is 13.0. The van der Waals surface area contributed by atoms with Gasteiger partial charge in [0.1, 0.15) is 0 Å². The normalized spacial score (nSPS) is 13.1. The molecule has 0 amide bonds. The highest BCUT2D eigenvalue weighted by molar-refractivity contribution is 7.89. The van der Waals surface area contributed by atoms with Crippen LogP contribution in [0.5, 0.6) is 0 Å². The first-order valence-corrected chi connectivity index (χ1v) is 8.28. The van der Waals surface area contributed by atoms with Gasteiger partial charge in [0.25, 0.3) is 0 Å². The van der Waals surface area contributed by atoms with Crippen LogP contribution in [-0.4, -0.2) is 8.42 Å². The zero-order chi connectivity index (χ0) is 15.5. The van der Waals surface area contributed by atoms with Crippen molar-refractivity contribution in [3.05, 3.63) is 65.2 Å². The van der Waals surface area contributed by atoms with Gasteiger partial charge in [-0.1, -0.05) is 42.0 Å². The molecule has 2 aromatic rings. The van der Waals surface area contributed by atoms with E-state index >= 15 is 0 Å². The van der Waals surface area contributed by atoms with Crippen molar-refractivity contribution in [2.75, 3.05) is 0 Å². The molecule has 2 rings (SSSR count). The number of nitrogens with one attached hydrogen (secondary N) is 1. The summed E-state index contributed by atoms with van der Waals surface area (Å²) in [5.41, 5.74) is 8.42. The molecule has 0 aromatic heterocycles. The van der Waals surface area contributed by atoms with Gasteiger partial charge in [0, 0.05) is 12.6 Å². The summed E-state index contributed by atoms with van der Waals surface area (Å²) in [6.07, 6.45) is 0. The summed E-state index contributed by atoms with van der Waals surface area (Å²) in [4.78, 5) is 0.240. The second-order valence-corrected chi connectivity index (χ2v) is 6.82. The van der Waals surface area contributed by atoms with Crippen molar-refractivity contribution in [2.45, 2.75) is 31.3 Å². The average molecular weight is 304 g/mol. The highest BCUT2D eigenvalue weighted by Crippen LogP contribution is 2.18. The lowest BCUT2D eigenvalue weighted by Crippen LogP contribution is -2.27. The highest BCUT2D eigenvalue weighted by atomic mass is 32.2. The number of sulfonamides is 1. The van der Waals surface area contributed by atoms with Crippen molar-refractivity contribution in [3.63, 3.8) is 0 Å². The summed E-state index contributed by atoms with van der Waals surface area (Å²) < 4.78 is 27.5. The molecule has 4 nitrogen and oxygen atoms in total. The quantitative estimate of drug-likeness (QED) is 0.891. The zero-order valence-electron chi connectivity index (χ0n) is 12.2. The molecular formula is C16H20N2O2S. The summed E-state index contributed by atoms with van der Waals surface area (Å²) in [6, 6.07) is 14.2. The molecule has 0 radical (unpaired) electrons. The third kappa shape index (κ3) is 3.91. The SMILES string of the molecule is Cc1ccc(C(C)NS(=O)(=O)c2cccc(CN)c2)cc1. The minimum Gasteiger partial charge on any atom is -0.326 e. The Bertz CT molecular complexity index is 709. The van der Waals surface area contributed by atoms with E-state index in [2.05, 4.69) is 4.72 Å². The summed E-state index contributed by atoms with van der Waals surface area (Å²) in [7, 11) is -3.56. The lowest BCUT2D eigenvalue weighted by Gasteiger charge is -2.15. The summed E-state index contributed by atoms with van der Waals surface area (Å²) in [5.74, 6) is 0. The fourth-order valence-corrected chi connectivity index (χ4v) is 3.37. The van der Waals surface area contributed by atoms with E-state index < -0.39 is 10.0 Å². The smallest absolute Gasteiger partial charge is 0.241 e. The Labute approximate surface area is 126 Å². The van der Waals surface area contributed by atoms with E-state index in [1.807, 2.05) is 44.2 Å². The van der Waals surface area contributed by atoms with Gasteiger partial charge < -0.3 is 5.73 Å². The maximum absolute atomic E-state index is 12.4. The van der Waals surface area contributed by atoms with Crippen LogP contribution >= 0.6 is 0 Å². The van der Waals surface area contributed by atoms with Gasteiger partial charge in [-0.15, -0.1) is 0 Å². The molecule has 0 aliphatic carbocycles. The van der Waals surface area contributed by atoms with Gasteiger partial charge >= 0.3 is 0 Å². The minimum absolute atomic E-state index is 0.240. The lowest BCUT2D eigenvalue weighted by molar-refractivity contribution is 0.567. The van der Waals surface area contributed by atoms with Crippen molar-refractivity contribution in [1.82, 2.24) is 4.72 Å². The van der Waals surface area contributed by atoms with E-state index in [0.29, 0.717) is 6.54 Å². The number of aryl methyl sites for hydroxylation is 1. The minimum atomic E-state index is -3.56. The second kappa shape index (κ2) is 6.39. The van der Waals surface area contributed by atoms with E-state index in [0.717, 1.165) is 16.7 Å². The standard InChI is InChI=1S/C16H20N2O2S/c1-12-6-8-15(9-7-12)13(2)18-21(19,20)16-5-3-4-14(10-16)11-17/h3-10,13,18H,11,17H2,1-2H3. The Balaban J connectivity index is 2.22. The van der Waals surface area contributed by atoms with Gasteiger partial charge in [0.05, 0.1) is 4.90 Å². The van der Waals surface area contributed by atoms with E-state index in [9.17, 15) is 8.42 Å². The Kier molecular flexibility index (Phi) is 4.77. The molecule has 0 bridgehead atoms. The van der Waals surface area contributed by atoms with Crippen LogP contribution in [-0.2, 0) is 16.6 Å². The predicted octanol–water partition coefficient (Wildman–Crippen LogP) is 2.49. The van der Waals surface area contributed by atoms with E-state index in [1.165, 1.54) is 0 Å². The van der Waals surface area contributed by atoms with Crippen LogP contribution < -0.4 is 10.5 Å². The number of rotatable bonds is 5. The van der Waals surface area contributed by atoms with Crippen molar-refractivity contribution >= 4 is 10.0 Å². The molecule has 3 N–H and O–H groups in total. The summed E-state index contributed by atoms with van der Waals surface area (Å²) in [6.45, 7) is 4.14. The molecule has 2 aromatic carbocycles. The first kappa shape index (κ1) is 15.7. The average Bonchev–Trinajstić information content (AvgIpc) is 2.47. The maximum Gasteiger partial charge on any atom is 0.241 e. The predicted molar refractivity (Wildman–Crippen MR) is 84.2 cm³/mol. The number of hydrogen-bond acceptors (Lipinski definition) is 3. The van der Waals surface area contributed by atoms with Gasteiger partial charge in [-0.05, 0) is 37.1 Å². The lowest BCUT2D eigenvalue weighted by atomic mass is 10.1. The molecule has 112 valence electrons. The van der Waals surface area contributed by atoms with Crippen LogP contribution in [0.2, 0.25) is 0 Å². The summed E-state index contributed by atoms with van der Waals surface area (Å²) >= 11 is 0. The fourth-order valence-electron chi connectivity index (χ4n) is 2.06. The fraction of sp³-hybridized carbons (Fsp3) is 0.250. The largest absolute Gasteiger partial charge is 0.326 e. The monoisotopic (exact) mass is 304 g/mol. The van der Waals surface area contributed by atoms with Crippen molar-refractivity contribution in [2.24, 2.45) is 5.73 Å². The third-order valence-corrected chi connectivity index (χ3v) is 4.89. The molecule has 0 saturated heterocycles. The maximum atomic E-state index is 12.4. The Morgan fingerprint density at radius 1 is 1.14 bits per heavy atom. The van der Waals surface area contributed by atoms with Crippen molar-refractivity contribution in [3.8, 4) is 0 Å². The van der Waals surface area contributed by atoms with Gasteiger partial charge in [-0.25, -0.2) is 13.1 Å². The van der Waals surface area contributed by atoms with Gasteiger partial charge in [0.15, 0.2) is 0 Å². The molecule has 0 aliphatic rings. The molecular weight excluding hydrogens is 284 g/mol. The van der Waals surface area contributed by atoms with Crippen LogP contribution in [0.15, 0.2) is 53.4 Å². The molecule has 0 saturated carbocycles. The van der Waals surface area contributed by atoms with Gasteiger partial charge in [-0.2, -0.15) is 0 Å². The number of hydrogen-bond donors (Lipinski definition) is 2. The topological polar surface area (TPSA) is 72.2 Å². The first-order chi connectivity index (χ1) is 9.92. The molecule has 0 heterocycles. The van der Waals surface area contributed by atoms with Crippen molar-refractivity contribution in [1.29, 1.82) is 0 Å². The molecule has 0 aliphatic heterocycles. The van der Waals surface area contributed by atoms with Crippen LogP contribution in [0.25, 0.3) is 0 Å². The van der Waals surface area contributed by atoms with Crippen LogP contribution in [0.4, 0.5) is 0 Å². The van der Waals surface area contributed by atoms with E-state index in [1.54, 1.807) is 18.2 Å². The second-order valence-electron chi connectivity index (χ2n) is 5.11. The highest BCUT2D eigenvalue weighted by Gasteiger charge is 2.18. The molecule has 0 spiro atoms. The molecule has 0 fully saturated rings. The number of nitrogens with two attached hydrogens (primary N) is 1.